The summed E-state index contributed by atoms with van der Waals surface area (Å²) in [6.07, 6.45) is 0. The maximum Gasteiger partial charge on any atom is 0.251 e. The van der Waals surface area contributed by atoms with E-state index < -0.39 is 0 Å². The molecule has 3 aromatic rings. The van der Waals surface area contributed by atoms with Crippen LogP contribution in [0.4, 0.5) is 0 Å². The third kappa shape index (κ3) is 6.15. The number of benzene rings is 3. The van der Waals surface area contributed by atoms with Crippen molar-refractivity contribution in [3.63, 3.8) is 0 Å². The standard InChI is InChI=1S/C25H27NO5/c1-18-9-11-21(12-10-18)30-14-13-26-25(27)20-15-22(28-2)24(23(16-20)29-3)31-17-19-7-5-4-6-8-19/h4-12,15-16H,13-14,17H2,1-3H3,(H,26,27). The van der Waals surface area contributed by atoms with Gasteiger partial charge in [-0.1, -0.05) is 48.0 Å². The highest BCUT2D eigenvalue weighted by molar-refractivity contribution is 5.95. The molecule has 3 rings (SSSR count). The fourth-order valence-electron chi connectivity index (χ4n) is 2.95. The third-order valence-electron chi connectivity index (χ3n) is 4.63. The van der Waals surface area contributed by atoms with Crippen LogP contribution in [0.25, 0.3) is 0 Å². The Hall–Kier alpha value is -3.67. The smallest absolute Gasteiger partial charge is 0.251 e. The lowest BCUT2D eigenvalue weighted by molar-refractivity contribution is 0.0946. The molecule has 31 heavy (non-hydrogen) atoms. The molecular formula is C25H27NO5. The van der Waals surface area contributed by atoms with Crippen LogP contribution in [0.3, 0.4) is 0 Å². The molecule has 0 saturated heterocycles. The molecule has 0 radical (unpaired) electrons. The lowest BCUT2D eigenvalue weighted by Crippen LogP contribution is -2.28. The van der Waals surface area contributed by atoms with Crippen LogP contribution in [0.1, 0.15) is 21.5 Å². The molecule has 0 spiro atoms. The summed E-state index contributed by atoms with van der Waals surface area (Å²) >= 11 is 0. The first-order valence-electron chi connectivity index (χ1n) is 10.0. The van der Waals surface area contributed by atoms with Crippen molar-refractivity contribution in [1.29, 1.82) is 0 Å². The van der Waals surface area contributed by atoms with E-state index in [-0.39, 0.29) is 5.91 Å². The number of hydrogen-bond donors (Lipinski definition) is 1. The predicted octanol–water partition coefficient (Wildman–Crippen LogP) is 4.40. The highest BCUT2D eigenvalue weighted by Crippen LogP contribution is 2.39. The van der Waals surface area contributed by atoms with Gasteiger partial charge in [-0.25, -0.2) is 0 Å². The Morgan fingerprint density at radius 3 is 2.13 bits per heavy atom. The number of carbonyl (C=O) groups excluding carboxylic acids is 1. The van der Waals surface area contributed by atoms with Crippen molar-refractivity contribution in [3.8, 4) is 23.0 Å². The molecule has 0 bridgehead atoms. The number of aryl methyl sites for hydroxylation is 1. The van der Waals surface area contributed by atoms with Gasteiger partial charge in [0.05, 0.1) is 20.8 Å². The van der Waals surface area contributed by atoms with E-state index in [4.69, 9.17) is 18.9 Å². The molecule has 162 valence electrons. The van der Waals surface area contributed by atoms with E-state index in [9.17, 15) is 4.79 Å². The Bertz CT molecular complexity index is 962. The minimum Gasteiger partial charge on any atom is -0.493 e. The summed E-state index contributed by atoms with van der Waals surface area (Å²) in [6, 6.07) is 20.8. The van der Waals surface area contributed by atoms with Crippen LogP contribution >= 0.6 is 0 Å². The summed E-state index contributed by atoms with van der Waals surface area (Å²) < 4.78 is 22.5. The molecule has 1 amide bonds. The monoisotopic (exact) mass is 421 g/mol. The quantitative estimate of drug-likeness (QED) is 0.492. The van der Waals surface area contributed by atoms with E-state index in [0.717, 1.165) is 11.3 Å². The number of hydrogen-bond acceptors (Lipinski definition) is 5. The van der Waals surface area contributed by atoms with Gasteiger partial charge in [-0.2, -0.15) is 0 Å². The summed E-state index contributed by atoms with van der Waals surface area (Å²) in [5.74, 6) is 1.82. The van der Waals surface area contributed by atoms with E-state index in [0.29, 0.717) is 42.6 Å². The molecule has 0 aliphatic heterocycles. The number of rotatable bonds is 10. The molecule has 0 atom stereocenters. The molecule has 6 heteroatoms. The topological polar surface area (TPSA) is 66.0 Å². The fraction of sp³-hybridized carbons (Fsp3) is 0.240. The summed E-state index contributed by atoms with van der Waals surface area (Å²) in [6.45, 7) is 3.10. The molecular weight excluding hydrogens is 394 g/mol. The van der Waals surface area contributed by atoms with Gasteiger partial charge in [0.1, 0.15) is 19.0 Å². The van der Waals surface area contributed by atoms with E-state index in [2.05, 4.69) is 5.32 Å². The Kier molecular flexibility index (Phi) is 7.76. The van der Waals surface area contributed by atoms with Crippen LogP contribution in [-0.4, -0.2) is 33.3 Å². The highest BCUT2D eigenvalue weighted by Gasteiger charge is 2.18. The molecule has 0 aliphatic rings. The Morgan fingerprint density at radius 2 is 1.52 bits per heavy atom. The van der Waals surface area contributed by atoms with Gasteiger partial charge in [0.15, 0.2) is 11.5 Å². The maximum absolute atomic E-state index is 12.6. The van der Waals surface area contributed by atoms with E-state index in [1.165, 1.54) is 19.8 Å². The van der Waals surface area contributed by atoms with Gasteiger partial charge < -0.3 is 24.3 Å². The average molecular weight is 421 g/mol. The molecule has 3 aromatic carbocycles. The van der Waals surface area contributed by atoms with Gasteiger partial charge in [-0.3, -0.25) is 4.79 Å². The van der Waals surface area contributed by atoms with Crippen LogP contribution in [0, 0.1) is 6.92 Å². The molecule has 0 fully saturated rings. The molecule has 0 unspecified atom stereocenters. The Labute approximate surface area is 182 Å². The van der Waals surface area contributed by atoms with Gasteiger partial charge >= 0.3 is 0 Å². The van der Waals surface area contributed by atoms with E-state index in [1.807, 2.05) is 61.5 Å². The predicted molar refractivity (Wildman–Crippen MR) is 119 cm³/mol. The molecule has 0 aromatic heterocycles. The number of amides is 1. The van der Waals surface area contributed by atoms with Gasteiger partial charge in [-0.05, 0) is 36.8 Å². The molecule has 0 saturated carbocycles. The zero-order valence-electron chi connectivity index (χ0n) is 18.0. The maximum atomic E-state index is 12.6. The Balaban J connectivity index is 1.62. The van der Waals surface area contributed by atoms with Gasteiger partial charge in [0, 0.05) is 5.56 Å². The zero-order valence-corrected chi connectivity index (χ0v) is 18.0. The largest absolute Gasteiger partial charge is 0.493 e. The lowest BCUT2D eigenvalue weighted by atomic mass is 10.1. The second-order valence-electron chi connectivity index (χ2n) is 6.90. The number of ether oxygens (including phenoxy) is 4. The molecule has 6 nitrogen and oxygen atoms in total. The van der Waals surface area contributed by atoms with Gasteiger partial charge in [-0.15, -0.1) is 0 Å². The average Bonchev–Trinajstić information content (AvgIpc) is 2.81. The second-order valence-corrected chi connectivity index (χ2v) is 6.90. The number of carbonyl (C=O) groups is 1. The van der Waals surface area contributed by atoms with Crippen molar-refractivity contribution in [2.45, 2.75) is 13.5 Å². The number of nitrogens with one attached hydrogen (secondary N) is 1. The van der Waals surface area contributed by atoms with Crippen LogP contribution in [-0.2, 0) is 6.61 Å². The Morgan fingerprint density at radius 1 is 0.871 bits per heavy atom. The first-order chi connectivity index (χ1) is 15.1. The van der Waals surface area contributed by atoms with Crippen LogP contribution in [0.15, 0.2) is 66.7 Å². The van der Waals surface area contributed by atoms with Crippen molar-refractivity contribution >= 4 is 5.91 Å². The first kappa shape index (κ1) is 22.0. The summed E-state index contributed by atoms with van der Waals surface area (Å²) in [5.41, 5.74) is 2.60. The minimum atomic E-state index is -0.251. The molecule has 0 aliphatic carbocycles. The van der Waals surface area contributed by atoms with Gasteiger partial charge in [0.25, 0.3) is 5.91 Å². The van der Waals surface area contributed by atoms with Crippen molar-refractivity contribution in [3.05, 3.63) is 83.4 Å². The molecule has 0 heterocycles. The van der Waals surface area contributed by atoms with Gasteiger partial charge in [0.2, 0.25) is 5.75 Å². The zero-order chi connectivity index (χ0) is 22.1. The fourth-order valence-corrected chi connectivity index (χ4v) is 2.95. The van der Waals surface area contributed by atoms with Crippen LogP contribution in [0.5, 0.6) is 23.0 Å². The summed E-state index contributed by atoms with van der Waals surface area (Å²) in [7, 11) is 3.06. The second kappa shape index (κ2) is 10.9. The van der Waals surface area contributed by atoms with Crippen molar-refractivity contribution in [2.24, 2.45) is 0 Å². The SMILES string of the molecule is COc1cc(C(=O)NCCOc2ccc(C)cc2)cc(OC)c1OCc1ccccc1. The van der Waals surface area contributed by atoms with E-state index in [1.54, 1.807) is 12.1 Å². The van der Waals surface area contributed by atoms with Crippen LogP contribution in [0.2, 0.25) is 0 Å². The summed E-state index contributed by atoms with van der Waals surface area (Å²) in [4.78, 5) is 12.6. The minimum absolute atomic E-state index is 0.251. The number of methoxy groups -OCH3 is 2. The first-order valence-corrected chi connectivity index (χ1v) is 10.0. The lowest BCUT2D eigenvalue weighted by Gasteiger charge is -2.16. The van der Waals surface area contributed by atoms with Crippen LogP contribution < -0.4 is 24.3 Å². The highest BCUT2D eigenvalue weighted by atomic mass is 16.5. The third-order valence-corrected chi connectivity index (χ3v) is 4.63. The normalized spacial score (nSPS) is 10.3. The van der Waals surface area contributed by atoms with Crippen molar-refractivity contribution < 1.29 is 23.7 Å². The van der Waals surface area contributed by atoms with Crippen molar-refractivity contribution in [1.82, 2.24) is 5.32 Å². The molecule has 1 N–H and O–H groups in total. The van der Waals surface area contributed by atoms with E-state index >= 15 is 0 Å². The summed E-state index contributed by atoms with van der Waals surface area (Å²) in [5, 5.41) is 2.84. The van der Waals surface area contributed by atoms with Crippen molar-refractivity contribution in [2.75, 3.05) is 27.4 Å².